The highest BCUT2D eigenvalue weighted by molar-refractivity contribution is 5.93. The Morgan fingerprint density at radius 2 is 1.63 bits per heavy atom. The van der Waals surface area contributed by atoms with Gasteiger partial charge in [-0.05, 0) is 60.2 Å². The van der Waals surface area contributed by atoms with E-state index in [1.54, 1.807) is 43.5 Å². The molecule has 0 heterocycles. The van der Waals surface area contributed by atoms with Crippen LogP contribution >= 0.6 is 0 Å². The van der Waals surface area contributed by atoms with Gasteiger partial charge in [0.25, 0.3) is 0 Å². The molecule has 3 rings (SSSR count). The summed E-state index contributed by atoms with van der Waals surface area (Å²) in [6.45, 7) is 0. The van der Waals surface area contributed by atoms with Crippen molar-refractivity contribution in [2.24, 2.45) is 0 Å². The Labute approximate surface area is 173 Å². The van der Waals surface area contributed by atoms with Gasteiger partial charge in [0.15, 0.2) is 11.5 Å². The van der Waals surface area contributed by atoms with Crippen molar-refractivity contribution >= 4 is 17.6 Å². The fourth-order valence-electron chi connectivity index (χ4n) is 2.81. The van der Waals surface area contributed by atoms with Gasteiger partial charge in [0.05, 0.1) is 31.4 Å². The van der Waals surface area contributed by atoms with Gasteiger partial charge in [-0.3, -0.25) is 0 Å². The number of methoxy groups -OCH3 is 2. The molecule has 3 aromatic carbocycles. The van der Waals surface area contributed by atoms with Crippen molar-refractivity contribution in [1.82, 2.24) is 0 Å². The summed E-state index contributed by atoms with van der Waals surface area (Å²) in [7, 11) is 2.99. The minimum absolute atomic E-state index is 0.208. The molecule has 0 aliphatic carbocycles. The van der Waals surface area contributed by atoms with Crippen molar-refractivity contribution in [3.05, 3.63) is 89.2 Å². The monoisotopic (exact) mass is 403 g/mol. The first-order valence-corrected chi connectivity index (χ1v) is 8.96. The number of ether oxygens (including phenoxy) is 3. The van der Waals surface area contributed by atoms with Crippen molar-refractivity contribution in [3.8, 4) is 23.3 Å². The molecule has 30 heavy (non-hydrogen) atoms. The molecule has 150 valence electrons. The van der Waals surface area contributed by atoms with E-state index in [0.29, 0.717) is 28.2 Å². The van der Waals surface area contributed by atoms with Gasteiger partial charge in [-0.15, -0.1) is 0 Å². The fraction of sp³-hybridized carbons (Fsp3) is 0.0833. The van der Waals surface area contributed by atoms with E-state index in [-0.39, 0.29) is 11.3 Å². The van der Waals surface area contributed by atoms with Crippen LogP contribution in [0.15, 0.2) is 66.7 Å². The molecule has 0 aromatic heterocycles. The second-order valence-corrected chi connectivity index (χ2v) is 6.18. The van der Waals surface area contributed by atoms with Crippen LogP contribution in [-0.2, 0) is 0 Å². The molecule has 0 fully saturated rings. The number of allylic oxidation sites excluding steroid dienone is 1. The number of hydrogen-bond donors (Lipinski definition) is 0. The van der Waals surface area contributed by atoms with Crippen LogP contribution in [0.3, 0.4) is 0 Å². The molecule has 0 unspecified atom stereocenters. The molecule has 0 N–H and O–H groups in total. The molecule has 0 atom stereocenters. The molecule has 3 aromatic rings. The van der Waals surface area contributed by atoms with Crippen LogP contribution in [0.4, 0.5) is 4.39 Å². The van der Waals surface area contributed by atoms with Gasteiger partial charge < -0.3 is 14.2 Å². The van der Waals surface area contributed by atoms with Crippen LogP contribution in [-0.4, -0.2) is 20.2 Å². The molecule has 0 aliphatic heterocycles. The number of carbonyl (C=O) groups is 1. The predicted octanol–water partition coefficient (Wildman–Crippen LogP) is 5.13. The first-order chi connectivity index (χ1) is 14.5. The van der Waals surface area contributed by atoms with Gasteiger partial charge in [0, 0.05) is 5.56 Å². The quantitative estimate of drug-likeness (QED) is 0.247. The normalized spacial score (nSPS) is 10.8. The first-order valence-electron chi connectivity index (χ1n) is 8.96. The molecule has 0 amide bonds. The van der Waals surface area contributed by atoms with Crippen molar-refractivity contribution in [2.45, 2.75) is 0 Å². The zero-order chi connectivity index (χ0) is 21.5. The number of esters is 1. The third kappa shape index (κ3) is 4.65. The van der Waals surface area contributed by atoms with Crippen molar-refractivity contribution in [3.63, 3.8) is 0 Å². The second-order valence-electron chi connectivity index (χ2n) is 6.18. The van der Waals surface area contributed by atoms with Crippen LogP contribution in [0.2, 0.25) is 0 Å². The van der Waals surface area contributed by atoms with Gasteiger partial charge in [-0.25, -0.2) is 9.18 Å². The third-order valence-corrected chi connectivity index (χ3v) is 4.30. The fourth-order valence-corrected chi connectivity index (χ4v) is 2.81. The lowest BCUT2D eigenvalue weighted by atomic mass is 10.0. The van der Waals surface area contributed by atoms with E-state index in [4.69, 9.17) is 14.2 Å². The van der Waals surface area contributed by atoms with Crippen molar-refractivity contribution in [1.29, 1.82) is 5.26 Å². The number of nitrogens with zero attached hydrogens (tertiary/aromatic N) is 1. The van der Waals surface area contributed by atoms with Gasteiger partial charge in [0.2, 0.25) is 0 Å². The summed E-state index contributed by atoms with van der Waals surface area (Å²) in [5.41, 5.74) is 1.96. The summed E-state index contributed by atoms with van der Waals surface area (Å²) < 4.78 is 29.1. The lowest BCUT2D eigenvalue weighted by Crippen LogP contribution is -2.09. The van der Waals surface area contributed by atoms with Crippen LogP contribution < -0.4 is 14.2 Å². The maximum absolute atomic E-state index is 13.0. The molecular formula is C24H18FNO4. The number of para-hydroxylation sites is 1. The van der Waals surface area contributed by atoms with E-state index in [9.17, 15) is 14.4 Å². The maximum atomic E-state index is 13.0. The Morgan fingerprint density at radius 1 is 0.933 bits per heavy atom. The van der Waals surface area contributed by atoms with E-state index >= 15 is 0 Å². The Morgan fingerprint density at radius 3 is 2.30 bits per heavy atom. The van der Waals surface area contributed by atoms with E-state index in [2.05, 4.69) is 6.07 Å². The Balaban J connectivity index is 1.89. The van der Waals surface area contributed by atoms with Gasteiger partial charge in [-0.1, -0.05) is 18.2 Å². The second kappa shape index (κ2) is 9.39. The molecule has 0 aliphatic rings. The minimum Gasteiger partial charge on any atom is -0.496 e. The average Bonchev–Trinajstić information content (AvgIpc) is 2.78. The SMILES string of the molecule is COc1cc(/C=C(/C#N)c2ccccc2OC)ccc1OC(=O)c1ccc(F)cc1. The van der Waals surface area contributed by atoms with E-state index in [1.165, 1.54) is 31.4 Å². The summed E-state index contributed by atoms with van der Waals surface area (Å²) in [5.74, 6) is 0.0327. The standard InChI is InChI=1S/C24H18FNO4/c1-28-21-6-4-3-5-20(21)18(15-26)13-16-7-12-22(23(14-16)29-2)30-24(27)17-8-10-19(25)11-9-17/h3-14H,1-2H3/b18-13-. The predicted molar refractivity (Wildman–Crippen MR) is 111 cm³/mol. The number of rotatable bonds is 6. The highest BCUT2D eigenvalue weighted by Crippen LogP contribution is 2.32. The van der Waals surface area contributed by atoms with Crippen molar-refractivity contribution < 1.29 is 23.4 Å². The third-order valence-electron chi connectivity index (χ3n) is 4.30. The summed E-state index contributed by atoms with van der Waals surface area (Å²) in [5, 5.41) is 9.61. The zero-order valence-corrected chi connectivity index (χ0v) is 16.4. The number of benzene rings is 3. The molecule has 0 radical (unpaired) electrons. The molecule has 0 saturated heterocycles. The lowest BCUT2D eigenvalue weighted by Gasteiger charge is -2.11. The largest absolute Gasteiger partial charge is 0.496 e. The zero-order valence-electron chi connectivity index (χ0n) is 16.4. The Kier molecular flexibility index (Phi) is 6.46. The number of nitriles is 1. The smallest absolute Gasteiger partial charge is 0.343 e. The molecular weight excluding hydrogens is 385 g/mol. The number of carbonyl (C=O) groups excluding carboxylic acids is 1. The van der Waals surface area contributed by atoms with Crippen molar-refractivity contribution in [2.75, 3.05) is 14.2 Å². The van der Waals surface area contributed by atoms with Gasteiger partial charge >= 0.3 is 5.97 Å². The summed E-state index contributed by atoms with van der Waals surface area (Å²) in [6.07, 6.45) is 1.69. The van der Waals surface area contributed by atoms with Crippen LogP contribution in [0.5, 0.6) is 17.2 Å². The Hall–Kier alpha value is -4.11. The molecule has 0 saturated carbocycles. The molecule has 5 nitrogen and oxygen atoms in total. The highest BCUT2D eigenvalue weighted by atomic mass is 19.1. The number of hydrogen-bond acceptors (Lipinski definition) is 5. The summed E-state index contributed by atoms with van der Waals surface area (Å²) in [4.78, 5) is 12.3. The molecule has 6 heteroatoms. The molecule has 0 bridgehead atoms. The Bertz CT molecular complexity index is 1130. The minimum atomic E-state index is -0.636. The van der Waals surface area contributed by atoms with Crippen LogP contribution in [0.25, 0.3) is 11.6 Å². The summed E-state index contributed by atoms with van der Waals surface area (Å²) in [6, 6.07) is 19.4. The first kappa shape index (κ1) is 20.6. The van der Waals surface area contributed by atoms with Crippen LogP contribution in [0, 0.1) is 17.1 Å². The van der Waals surface area contributed by atoms with Gasteiger partial charge in [-0.2, -0.15) is 5.26 Å². The summed E-state index contributed by atoms with van der Waals surface area (Å²) >= 11 is 0. The van der Waals surface area contributed by atoms with E-state index in [0.717, 1.165) is 0 Å². The van der Waals surface area contributed by atoms with E-state index < -0.39 is 11.8 Å². The maximum Gasteiger partial charge on any atom is 0.343 e. The number of halogens is 1. The average molecular weight is 403 g/mol. The van der Waals surface area contributed by atoms with E-state index in [1.807, 2.05) is 12.1 Å². The van der Waals surface area contributed by atoms with Crippen LogP contribution in [0.1, 0.15) is 21.5 Å². The highest BCUT2D eigenvalue weighted by Gasteiger charge is 2.14. The topological polar surface area (TPSA) is 68.6 Å². The lowest BCUT2D eigenvalue weighted by molar-refractivity contribution is 0.0729. The van der Waals surface area contributed by atoms with Gasteiger partial charge in [0.1, 0.15) is 11.6 Å². The molecule has 0 spiro atoms.